The highest BCUT2D eigenvalue weighted by Crippen LogP contribution is 2.25. The molecule has 1 unspecified atom stereocenters. The molecular weight excluding hydrogens is 274 g/mol. The van der Waals surface area contributed by atoms with Crippen LogP contribution in [0, 0.1) is 0 Å². The third-order valence-electron chi connectivity index (χ3n) is 3.27. The molecule has 1 heterocycles. The minimum absolute atomic E-state index is 0.0439. The molecule has 0 radical (unpaired) electrons. The molecule has 0 aromatic heterocycles. The van der Waals surface area contributed by atoms with E-state index in [-0.39, 0.29) is 23.6 Å². The molecular formula is C14H17N3O4. The van der Waals surface area contributed by atoms with Crippen LogP contribution in [-0.2, 0) is 9.59 Å². The molecule has 0 bridgehead atoms. The number of likely N-dealkylation sites (N-methyl/N-ethyl adjacent to an activating group) is 1. The van der Waals surface area contributed by atoms with Crippen molar-refractivity contribution in [3.05, 3.63) is 23.8 Å². The zero-order chi connectivity index (χ0) is 15.6. The predicted octanol–water partition coefficient (Wildman–Crippen LogP) is 0.155. The smallest absolute Gasteiger partial charge is 0.257 e. The summed E-state index contributed by atoms with van der Waals surface area (Å²) in [6.45, 7) is 2.17. The Hall–Kier alpha value is -2.57. The van der Waals surface area contributed by atoms with Crippen LogP contribution in [0.25, 0.3) is 0 Å². The maximum Gasteiger partial charge on any atom is 0.257 e. The molecule has 3 amide bonds. The molecule has 3 N–H and O–H groups in total. The number of nitrogens with zero attached hydrogens (tertiary/aromatic N) is 1. The first-order valence-electron chi connectivity index (χ1n) is 6.58. The Morgan fingerprint density at radius 1 is 1.48 bits per heavy atom. The second kappa shape index (κ2) is 5.82. The molecule has 2 rings (SSSR count). The van der Waals surface area contributed by atoms with Crippen LogP contribution in [0.3, 0.4) is 0 Å². The fourth-order valence-corrected chi connectivity index (χ4v) is 2.17. The molecule has 1 aromatic carbocycles. The molecule has 1 aliphatic rings. The average Bonchev–Trinajstić information content (AvgIpc) is 2.67. The Labute approximate surface area is 122 Å². The fraction of sp³-hybridized carbons (Fsp3) is 0.357. The van der Waals surface area contributed by atoms with Gasteiger partial charge in [-0.05, 0) is 19.1 Å². The Bertz CT molecular complexity index is 600. The highest BCUT2D eigenvalue weighted by Gasteiger charge is 2.37. The normalized spacial score (nSPS) is 18.0. The summed E-state index contributed by atoms with van der Waals surface area (Å²) in [5, 5.41) is 2.53. The van der Waals surface area contributed by atoms with Crippen molar-refractivity contribution in [1.82, 2.24) is 10.2 Å². The van der Waals surface area contributed by atoms with E-state index in [1.165, 1.54) is 7.05 Å². The zero-order valence-corrected chi connectivity index (χ0v) is 11.9. The van der Waals surface area contributed by atoms with Gasteiger partial charge < -0.3 is 15.8 Å². The molecule has 1 aromatic rings. The standard InChI is InChI=1S/C14H17N3O4/c1-3-21-10-6-4-5-8(15)12(10)13(19)16-9-7-11(18)17(2)14(9)20/h4-6,9H,3,7,15H2,1-2H3,(H,16,19). The van der Waals surface area contributed by atoms with Crippen LogP contribution in [0.15, 0.2) is 18.2 Å². The summed E-state index contributed by atoms with van der Waals surface area (Å²) < 4.78 is 5.37. The van der Waals surface area contributed by atoms with Crippen LogP contribution in [0.5, 0.6) is 5.75 Å². The number of likely N-dealkylation sites (tertiary alicyclic amines) is 1. The lowest BCUT2D eigenvalue weighted by Gasteiger charge is -2.15. The quantitative estimate of drug-likeness (QED) is 0.607. The summed E-state index contributed by atoms with van der Waals surface area (Å²) in [5.74, 6) is -0.935. The Morgan fingerprint density at radius 3 is 2.76 bits per heavy atom. The van der Waals surface area contributed by atoms with Crippen molar-refractivity contribution < 1.29 is 19.1 Å². The van der Waals surface area contributed by atoms with E-state index in [1.54, 1.807) is 25.1 Å². The molecule has 21 heavy (non-hydrogen) atoms. The van der Waals surface area contributed by atoms with E-state index in [9.17, 15) is 14.4 Å². The van der Waals surface area contributed by atoms with Crippen LogP contribution in [0.1, 0.15) is 23.7 Å². The van der Waals surface area contributed by atoms with Gasteiger partial charge in [0.15, 0.2) is 0 Å². The lowest BCUT2D eigenvalue weighted by Crippen LogP contribution is -2.41. The summed E-state index contributed by atoms with van der Waals surface area (Å²) in [6, 6.07) is 4.02. The number of carbonyl (C=O) groups excluding carboxylic acids is 3. The summed E-state index contributed by atoms with van der Waals surface area (Å²) >= 11 is 0. The molecule has 0 spiro atoms. The zero-order valence-electron chi connectivity index (χ0n) is 11.9. The summed E-state index contributed by atoms with van der Waals surface area (Å²) in [5.41, 5.74) is 6.24. The number of amides is 3. The van der Waals surface area contributed by atoms with Gasteiger partial charge in [-0.1, -0.05) is 6.07 Å². The largest absolute Gasteiger partial charge is 0.493 e. The Morgan fingerprint density at radius 2 is 2.19 bits per heavy atom. The number of nitrogens with two attached hydrogens (primary N) is 1. The first-order valence-corrected chi connectivity index (χ1v) is 6.58. The van der Waals surface area contributed by atoms with E-state index >= 15 is 0 Å². The maximum absolute atomic E-state index is 12.3. The van der Waals surface area contributed by atoms with Crippen molar-refractivity contribution in [3.63, 3.8) is 0 Å². The van der Waals surface area contributed by atoms with Gasteiger partial charge in [0.05, 0.1) is 13.0 Å². The van der Waals surface area contributed by atoms with Crippen molar-refractivity contribution in [3.8, 4) is 5.75 Å². The SMILES string of the molecule is CCOc1cccc(N)c1C(=O)NC1CC(=O)N(C)C1=O. The van der Waals surface area contributed by atoms with Gasteiger partial charge >= 0.3 is 0 Å². The Balaban J connectivity index is 2.22. The molecule has 1 fully saturated rings. The third kappa shape index (κ3) is 2.81. The number of nitrogen functional groups attached to an aromatic ring is 1. The number of benzene rings is 1. The van der Waals surface area contributed by atoms with Gasteiger partial charge in [0.1, 0.15) is 17.4 Å². The maximum atomic E-state index is 12.3. The van der Waals surface area contributed by atoms with Gasteiger partial charge in [0, 0.05) is 12.7 Å². The number of anilines is 1. The fourth-order valence-electron chi connectivity index (χ4n) is 2.17. The average molecular weight is 291 g/mol. The third-order valence-corrected chi connectivity index (χ3v) is 3.27. The van der Waals surface area contributed by atoms with E-state index < -0.39 is 17.9 Å². The van der Waals surface area contributed by atoms with Gasteiger partial charge in [-0.2, -0.15) is 0 Å². The van der Waals surface area contributed by atoms with Crippen molar-refractivity contribution in [2.75, 3.05) is 19.4 Å². The highest BCUT2D eigenvalue weighted by atomic mass is 16.5. The molecule has 1 saturated heterocycles. The van der Waals surface area contributed by atoms with Crippen molar-refractivity contribution in [2.45, 2.75) is 19.4 Å². The number of carbonyl (C=O) groups is 3. The molecule has 112 valence electrons. The van der Waals surface area contributed by atoms with E-state index in [1.807, 2.05) is 0 Å². The summed E-state index contributed by atoms with van der Waals surface area (Å²) in [7, 11) is 1.39. The van der Waals surface area contributed by atoms with E-state index in [0.717, 1.165) is 4.90 Å². The molecule has 0 aliphatic carbocycles. The molecule has 0 saturated carbocycles. The number of imide groups is 1. The van der Waals surface area contributed by atoms with Crippen LogP contribution in [0.4, 0.5) is 5.69 Å². The number of hydrogen-bond acceptors (Lipinski definition) is 5. The number of ether oxygens (including phenoxy) is 1. The Kier molecular flexibility index (Phi) is 4.11. The number of rotatable bonds is 4. The lowest BCUT2D eigenvalue weighted by molar-refractivity contribution is -0.137. The van der Waals surface area contributed by atoms with E-state index in [4.69, 9.17) is 10.5 Å². The van der Waals surface area contributed by atoms with Crippen LogP contribution in [-0.4, -0.2) is 42.3 Å². The number of nitrogens with one attached hydrogen (secondary N) is 1. The van der Waals surface area contributed by atoms with Crippen LogP contribution in [0.2, 0.25) is 0 Å². The van der Waals surface area contributed by atoms with Crippen molar-refractivity contribution in [2.24, 2.45) is 0 Å². The minimum atomic E-state index is -0.857. The predicted molar refractivity (Wildman–Crippen MR) is 75.7 cm³/mol. The molecule has 1 aliphatic heterocycles. The second-order valence-corrected chi connectivity index (χ2v) is 4.67. The van der Waals surface area contributed by atoms with Gasteiger partial charge in [0.25, 0.3) is 11.8 Å². The monoisotopic (exact) mass is 291 g/mol. The first-order chi connectivity index (χ1) is 9.95. The first kappa shape index (κ1) is 14.8. The number of hydrogen-bond donors (Lipinski definition) is 2. The molecule has 7 nitrogen and oxygen atoms in total. The van der Waals surface area contributed by atoms with Crippen molar-refractivity contribution in [1.29, 1.82) is 0 Å². The highest BCUT2D eigenvalue weighted by molar-refractivity contribution is 6.09. The topological polar surface area (TPSA) is 102 Å². The lowest BCUT2D eigenvalue weighted by atomic mass is 10.1. The van der Waals surface area contributed by atoms with Crippen LogP contribution >= 0.6 is 0 Å². The van der Waals surface area contributed by atoms with Gasteiger partial charge in [0.2, 0.25) is 5.91 Å². The van der Waals surface area contributed by atoms with Gasteiger partial charge in [-0.3, -0.25) is 19.3 Å². The van der Waals surface area contributed by atoms with E-state index in [0.29, 0.717) is 12.4 Å². The molecule has 1 atom stereocenters. The van der Waals surface area contributed by atoms with Crippen molar-refractivity contribution >= 4 is 23.4 Å². The van der Waals surface area contributed by atoms with Crippen LogP contribution < -0.4 is 15.8 Å². The van der Waals surface area contributed by atoms with Gasteiger partial charge in [-0.15, -0.1) is 0 Å². The van der Waals surface area contributed by atoms with E-state index in [2.05, 4.69) is 5.32 Å². The summed E-state index contributed by atoms with van der Waals surface area (Å²) in [6.07, 6.45) is -0.0439. The molecule has 7 heteroatoms. The second-order valence-electron chi connectivity index (χ2n) is 4.67. The minimum Gasteiger partial charge on any atom is -0.493 e. The van der Waals surface area contributed by atoms with Gasteiger partial charge in [-0.25, -0.2) is 0 Å². The summed E-state index contributed by atoms with van der Waals surface area (Å²) in [4.78, 5) is 36.6.